The van der Waals surface area contributed by atoms with Crippen LogP contribution in [0.2, 0.25) is 5.02 Å². The Morgan fingerprint density at radius 3 is 2.65 bits per heavy atom. The zero-order chi connectivity index (χ0) is 14.1. The van der Waals surface area contributed by atoms with Crippen molar-refractivity contribution in [3.8, 4) is 0 Å². The van der Waals surface area contributed by atoms with Crippen LogP contribution in [0, 0.1) is 16.0 Å². The molecule has 3 rings (SSSR count). The summed E-state index contributed by atoms with van der Waals surface area (Å²) < 4.78 is 0. The third-order valence-corrected chi connectivity index (χ3v) is 5.01. The summed E-state index contributed by atoms with van der Waals surface area (Å²) in [5, 5.41) is 11.6. The van der Waals surface area contributed by atoms with Crippen LogP contribution >= 0.6 is 11.6 Å². The highest BCUT2D eigenvalue weighted by Gasteiger charge is 2.36. The molecule has 4 nitrogen and oxygen atoms in total. The molecule has 0 radical (unpaired) electrons. The second kappa shape index (κ2) is 5.60. The van der Waals surface area contributed by atoms with Gasteiger partial charge < -0.3 is 4.90 Å². The van der Waals surface area contributed by atoms with Crippen LogP contribution in [-0.4, -0.2) is 17.5 Å². The van der Waals surface area contributed by atoms with E-state index in [1.165, 1.54) is 25.7 Å². The van der Waals surface area contributed by atoms with Gasteiger partial charge in [0.2, 0.25) is 0 Å². The summed E-state index contributed by atoms with van der Waals surface area (Å²) in [6.45, 7) is 0.905. The van der Waals surface area contributed by atoms with Gasteiger partial charge in [-0.1, -0.05) is 30.5 Å². The van der Waals surface area contributed by atoms with Crippen LogP contribution in [0.5, 0.6) is 0 Å². The van der Waals surface area contributed by atoms with Crippen molar-refractivity contribution in [1.82, 2.24) is 0 Å². The van der Waals surface area contributed by atoms with Gasteiger partial charge in [0.15, 0.2) is 0 Å². The average molecular weight is 295 g/mol. The second-order valence-electron chi connectivity index (χ2n) is 5.81. The maximum Gasteiger partial charge on any atom is 0.310 e. The summed E-state index contributed by atoms with van der Waals surface area (Å²) in [5.74, 6) is 0.691. The minimum atomic E-state index is -0.346. The highest BCUT2D eigenvalue weighted by Crippen LogP contribution is 2.42. The van der Waals surface area contributed by atoms with E-state index < -0.39 is 0 Å². The van der Waals surface area contributed by atoms with Gasteiger partial charge in [0, 0.05) is 12.6 Å². The molecule has 0 spiro atoms. The first kappa shape index (κ1) is 13.7. The van der Waals surface area contributed by atoms with Gasteiger partial charge in [-0.05, 0) is 43.7 Å². The monoisotopic (exact) mass is 294 g/mol. The lowest BCUT2D eigenvalue weighted by molar-refractivity contribution is -0.384. The quantitative estimate of drug-likeness (QED) is 0.613. The zero-order valence-electron chi connectivity index (χ0n) is 11.4. The first-order chi connectivity index (χ1) is 9.68. The number of hydrogen-bond donors (Lipinski definition) is 0. The maximum atomic E-state index is 11.3. The van der Waals surface area contributed by atoms with E-state index in [1.807, 2.05) is 12.1 Å². The molecule has 1 aliphatic carbocycles. The number of nitrogens with zero attached hydrogens (tertiary/aromatic N) is 2. The fourth-order valence-corrected chi connectivity index (χ4v) is 4.08. The highest BCUT2D eigenvalue weighted by atomic mass is 35.5. The molecule has 2 fully saturated rings. The maximum absolute atomic E-state index is 11.3. The van der Waals surface area contributed by atoms with Gasteiger partial charge in [-0.3, -0.25) is 10.1 Å². The molecule has 1 heterocycles. The molecular formula is C15H19ClN2O2. The molecule has 0 aromatic heterocycles. The van der Waals surface area contributed by atoms with Crippen molar-refractivity contribution >= 4 is 23.0 Å². The molecule has 1 aromatic rings. The molecule has 1 aromatic carbocycles. The summed E-state index contributed by atoms with van der Waals surface area (Å²) in [4.78, 5) is 13.2. The summed E-state index contributed by atoms with van der Waals surface area (Å²) in [6.07, 6.45) is 7.38. The lowest BCUT2D eigenvalue weighted by Crippen LogP contribution is -2.35. The largest absolute Gasteiger partial charge is 0.363 e. The SMILES string of the molecule is O=[N+]([O-])c1c(Cl)cccc1N1CCCC1C1CCCC1. The van der Waals surface area contributed by atoms with Crippen LogP contribution in [-0.2, 0) is 0 Å². The number of anilines is 1. The molecule has 2 aliphatic rings. The van der Waals surface area contributed by atoms with Gasteiger partial charge in [-0.2, -0.15) is 0 Å². The number of rotatable bonds is 3. The summed E-state index contributed by atoms with van der Waals surface area (Å²) in [5.41, 5.74) is 0.774. The smallest absolute Gasteiger partial charge is 0.310 e. The lowest BCUT2D eigenvalue weighted by Gasteiger charge is -2.31. The lowest BCUT2D eigenvalue weighted by atomic mass is 9.95. The predicted octanol–water partition coefficient (Wildman–Crippen LogP) is 4.41. The number of nitro benzene ring substituents is 1. The van der Waals surface area contributed by atoms with Crippen LogP contribution < -0.4 is 4.90 Å². The van der Waals surface area contributed by atoms with Gasteiger partial charge in [-0.25, -0.2) is 0 Å². The van der Waals surface area contributed by atoms with Crippen molar-refractivity contribution in [3.05, 3.63) is 33.3 Å². The Hall–Kier alpha value is -1.29. The molecule has 1 unspecified atom stereocenters. The molecule has 1 aliphatic heterocycles. The van der Waals surface area contributed by atoms with E-state index in [9.17, 15) is 10.1 Å². The standard InChI is InChI=1S/C15H19ClN2O2/c16-12-7-3-8-14(15(12)18(19)20)17-10-4-9-13(17)11-5-1-2-6-11/h3,7-8,11,13H,1-2,4-6,9-10H2. The molecule has 0 bridgehead atoms. The van der Waals surface area contributed by atoms with Crippen LogP contribution in [0.4, 0.5) is 11.4 Å². The van der Waals surface area contributed by atoms with Crippen molar-refractivity contribution in [2.24, 2.45) is 5.92 Å². The van der Waals surface area contributed by atoms with Crippen molar-refractivity contribution in [1.29, 1.82) is 0 Å². The van der Waals surface area contributed by atoms with E-state index >= 15 is 0 Å². The Morgan fingerprint density at radius 2 is 1.95 bits per heavy atom. The Morgan fingerprint density at radius 1 is 1.20 bits per heavy atom. The Bertz CT molecular complexity index is 515. The zero-order valence-corrected chi connectivity index (χ0v) is 12.2. The minimum Gasteiger partial charge on any atom is -0.363 e. The number of benzene rings is 1. The highest BCUT2D eigenvalue weighted by molar-refractivity contribution is 6.33. The van der Waals surface area contributed by atoms with Crippen LogP contribution in [0.1, 0.15) is 38.5 Å². The summed E-state index contributed by atoms with van der Waals surface area (Å²) in [7, 11) is 0. The van der Waals surface area contributed by atoms with Crippen LogP contribution in [0.25, 0.3) is 0 Å². The van der Waals surface area contributed by atoms with Gasteiger partial charge in [0.25, 0.3) is 0 Å². The van der Waals surface area contributed by atoms with Crippen molar-refractivity contribution in [2.75, 3.05) is 11.4 Å². The molecule has 108 valence electrons. The molecule has 1 saturated carbocycles. The number of para-hydroxylation sites is 1. The molecule has 1 saturated heterocycles. The van der Waals surface area contributed by atoms with Gasteiger partial charge >= 0.3 is 5.69 Å². The van der Waals surface area contributed by atoms with E-state index in [1.54, 1.807) is 6.07 Å². The topological polar surface area (TPSA) is 46.4 Å². The van der Waals surface area contributed by atoms with E-state index in [2.05, 4.69) is 4.90 Å². The fourth-order valence-electron chi connectivity index (χ4n) is 3.84. The van der Waals surface area contributed by atoms with E-state index in [0.29, 0.717) is 17.6 Å². The molecular weight excluding hydrogens is 276 g/mol. The molecule has 5 heteroatoms. The number of halogens is 1. The summed E-state index contributed by atoms with van der Waals surface area (Å²) in [6, 6.07) is 5.71. The second-order valence-corrected chi connectivity index (χ2v) is 6.22. The third-order valence-electron chi connectivity index (χ3n) is 4.70. The van der Waals surface area contributed by atoms with Gasteiger partial charge in [-0.15, -0.1) is 0 Å². The average Bonchev–Trinajstić information content (AvgIpc) is 3.08. The number of hydrogen-bond acceptors (Lipinski definition) is 3. The van der Waals surface area contributed by atoms with Crippen LogP contribution in [0.15, 0.2) is 18.2 Å². The van der Waals surface area contributed by atoms with Crippen molar-refractivity contribution in [3.63, 3.8) is 0 Å². The number of nitro groups is 1. The molecule has 20 heavy (non-hydrogen) atoms. The Kier molecular flexibility index (Phi) is 3.83. The van der Waals surface area contributed by atoms with E-state index in [4.69, 9.17) is 11.6 Å². The Balaban J connectivity index is 1.95. The van der Waals surface area contributed by atoms with E-state index in [0.717, 1.165) is 19.4 Å². The normalized spacial score (nSPS) is 23.4. The summed E-state index contributed by atoms with van der Waals surface area (Å²) >= 11 is 6.04. The first-order valence-corrected chi connectivity index (χ1v) is 7.76. The van der Waals surface area contributed by atoms with Crippen molar-refractivity contribution < 1.29 is 4.92 Å². The van der Waals surface area contributed by atoms with Gasteiger partial charge in [0.1, 0.15) is 10.7 Å². The molecule has 1 atom stereocenters. The fraction of sp³-hybridized carbons (Fsp3) is 0.600. The Labute approximate surface area is 123 Å². The first-order valence-electron chi connectivity index (χ1n) is 7.38. The van der Waals surface area contributed by atoms with Gasteiger partial charge in [0.05, 0.1) is 4.92 Å². The van der Waals surface area contributed by atoms with E-state index in [-0.39, 0.29) is 15.6 Å². The van der Waals surface area contributed by atoms with Crippen LogP contribution in [0.3, 0.4) is 0 Å². The molecule has 0 amide bonds. The predicted molar refractivity (Wildman–Crippen MR) is 80.4 cm³/mol. The minimum absolute atomic E-state index is 0.0686. The third kappa shape index (κ3) is 2.37. The molecule has 0 N–H and O–H groups in total. The van der Waals surface area contributed by atoms with Crippen molar-refractivity contribution in [2.45, 2.75) is 44.6 Å².